The molecule has 0 bridgehead atoms. The molecule has 1 unspecified atom stereocenters. The van der Waals surface area contributed by atoms with Crippen molar-refractivity contribution in [2.24, 2.45) is 0 Å². The third-order valence-corrected chi connectivity index (χ3v) is 3.77. The van der Waals surface area contributed by atoms with Crippen molar-refractivity contribution in [2.45, 2.75) is 30.2 Å². The summed E-state index contributed by atoms with van der Waals surface area (Å²) in [5.41, 5.74) is -0.587. The van der Waals surface area contributed by atoms with Crippen LogP contribution in [0.2, 0.25) is 0 Å². The van der Waals surface area contributed by atoms with Gasteiger partial charge in [0, 0.05) is 5.75 Å². The van der Waals surface area contributed by atoms with Gasteiger partial charge in [-0.15, -0.1) is 0 Å². The summed E-state index contributed by atoms with van der Waals surface area (Å²) in [5.74, 6) is 0.679. The van der Waals surface area contributed by atoms with Gasteiger partial charge in [-0.25, -0.2) is 4.98 Å². The van der Waals surface area contributed by atoms with Gasteiger partial charge in [0.25, 0.3) is 0 Å². The molecule has 0 aliphatic carbocycles. The molecule has 3 nitrogen and oxygen atoms in total. The van der Waals surface area contributed by atoms with Crippen molar-refractivity contribution < 1.29 is 5.11 Å². The Labute approximate surface area is 80.4 Å². The Morgan fingerprint density at radius 2 is 2.50 bits per heavy atom. The molecule has 1 atom stereocenters. The van der Waals surface area contributed by atoms with Gasteiger partial charge in [0.05, 0.1) is 5.60 Å². The third kappa shape index (κ3) is 3.08. The molecule has 1 N–H and O–H groups in total. The van der Waals surface area contributed by atoms with Crippen molar-refractivity contribution in [2.75, 3.05) is 5.75 Å². The van der Waals surface area contributed by atoms with Crippen molar-refractivity contribution >= 4 is 23.3 Å². The fourth-order valence-corrected chi connectivity index (χ4v) is 2.10. The van der Waals surface area contributed by atoms with Crippen LogP contribution in [-0.2, 0) is 0 Å². The molecule has 0 aliphatic rings. The predicted molar refractivity (Wildman–Crippen MR) is 51.5 cm³/mol. The zero-order valence-corrected chi connectivity index (χ0v) is 8.78. The van der Waals surface area contributed by atoms with E-state index in [-0.39, 0.29) is 0 Å². The first kappa shape index (κ1) is 9.95. The zero-order valence-electron chi connectivity index (χ0n) is 7.15. The molecule has 1 heterocycles. The van der Waals surface area contributed by atoms with E-state index < -0.39 is 5.60 Å². The van der Waals surface area contributed by atoms with Gasteiger partial charge in [-0.2, -0.15) is 4.37 Å². The Kier molecular flexibility index (Phi) is 3.49. The molecule has 0 fully saturated rings. The Morgan fingerprint density at radius 3 is 3.00 bits per heavy atom. The van der Waals surface area contributed by atoms with Crippen LogP contribution in [0.4, 0.5) is 0 Å². The molecular weight excluding hydrogens is 192 g/mol. The zero-order chi connectivity index (χ0) is 9.03. The maximum Gasteiger partial charge on any atom is 0.169 e. The molecule has 0 radical (unpaired) electrons. The van der Waals surface area contributed by atoms with E-state index in [1.165, 1.54) is 17.9 Å². The van der Waals surface area contributed by atoms with Gasteiger partial charge >= 0.3 is 0 Å². The first-order chi connectivity index (χ1) is 5.64. The fraction of sp³-hybridized carbons (Fsp3) is 0.714. The maximum atomic E-state index is 9.66. The van der Waals surface area contributed by atoms with E-state index >= 15 is 0 Å². The average Bonchev–Trinajstić information content (AvgIpc) is 2.53. The Morgan fingerprint density at radius 1 is 1.75 bits per heavy atom. The summed E-state index contributed by atoms with van der Waals surface area (Å²) in [6.07, 6.45) is 2.30. The molecule has 0 saturated carbocycles. The number of thioether (sulfide) groups is 1. The first-order valence-corrected chi connectivity index (χ1v) is 5.52. The maximum absolute atomic E-state index is 9.66. The van der Waals surface area contributed by atoms with Gasteiger partial charge < -0.3 is 5.11 Å². The molecule has 1 aromatic heterocycles. The van der Waals surface area contributed by atoms with Crippen LogP contribution in [0.5, 0.6) is 0 Å². The van der Waals surface area contributed by atoms with Gasteiger partial charge in [0.1, 0.15) is 6.33 Å². The normalized spacial score (nSPS) is 15.9. The SMILES string of the molecule is CCC(C)(O)CSc1ncns1. The lowest BCUT2D eigenvalue weighted by atomic mass is 10.1. The summed E-state index contributed by atoms with van der Waals surface area (Å²) in [6.45, 7) is 3.81. The smallest absolute Gasteiger partial charge is 0.169 e. The molecule has 1 rings (SSSR count). The lowest BCUT2D eigenvalue weighted by Crippen LogP contribution is -2.25. The van der Waals surface area contributed by atoms with E-state index in [0.29, 0.717) is 5.75 Å². The molecule has 0 saturated heterocycles. The second kappa shape index (κ2) is 4.20. The van der Waals surface area contributed by atoms with Crippen LogP contribution in [-0.4, -0.2) is 25.8 Å². The van der Waals surface area contributed by atoms with Gasteiger partial charge in [-0.05, 0) is 24.9 Å². The van der Waals surface area contributed by atoms with E-state index in [1.54, 1.807) is 11.8 Å². The largest absolute Gasteiger partial charge is 0.389 e. The van der Waals surface area contributed by atoms with E-state index in [1.807, 2.05) is 13.8 Å². The summed E-state index contributed by atoms with van der Waals surface area (Å²) in [6, 6.07) is 0. The number of aromatic nitrogens is 2. The molecule has 1 aromatic rings. The standard InChI is InChI=1S/C7H12N2OS2/c1-3-7(2,10)4-11-6-8-5-9-12-6/h5,10H,3-4H2,1-2H3. The predicted octanol–water partition coefficient (Wildman–Crippen LogP) is 1.79. The van der Waals surface area contributed by atoms with E-state index in [9.17, 15) is 5.11 Å². The quantitative estimate of drug-likeness (QED) is 0.760. The number of hydrogen-bond donors (Lipinski definition) is 1. The lowest BCUT2D eigenvalue weighted by Gasteiger charge is -2.19. The van der Waals surface area contributed by atoms with Crippen LogP contribution >= 0.6 is 23.3 Å². The number of aliphatic hydroxyl groups is 1. The van der Waals surface area contributed by atoms with Crippen LogP contribution in [0.15, 0.2) is 10.7 Å². The molecule has 68 valence electrons. The van der Waals surface area contributed by atoms with E-state index in [2.05, 4.69) is 9.36 Å². The number of nitrogens with zero attached hydrogens (tertiary/aromatic N) is 2. The van der Waals surface area contributed by atoms with Crippen molar-refractivity contribution in [3.05, 3.63) is 6.33 Å². The highest BCUT2D eigenvalue weighted by Crippen LogP contribution is 2.24. The van der Waals surface area contributed by atoms with Crippen molar-refractivity contribution in [1.82, 2.24) is 9.36 Å². The molecule has 0 spiro atoms. The summed E-state index contributed by atoms with van der Waals surface area (Å²) >= 11 is 2.92. The molecule has 12 heavy (non-hydrogen) atoms. The highest BCUT2D eigenvalue weighted by atomic mass is 32.2. The second-order valence-corrected chi connectivity index (χ2v) is 4.85. The monoisotopic (exact) mass is 204 g/mol. The van der Waals surface area contributed by atoms with Crippen LogP contribution in [0.3, 0.4) is 0 Å². The lowest BCUT2D eigenvalue weighted by molar-refractivity contribution is 0.0816. The summed E-state index contributed by atoms with van der Waals surface area (Å²) in [5, 5.41) is 9.66. The number of hydrogen-bond acceptors (Lipinski definition) is 5. The third-order valence-electron chi connectivity index (χ3n) is 1.61. The summed E-state index contributed by atoms with van der Waals surface area (Å²) in [4.78, 5) is 4.01. The molecule has 0 amide bonds. The highest BCUT2D eigenvalue weighted by molar-refractivity contribution is 8.01. The topological polar surface area (TPSA) is 46.0 Å². The van der Waals surface area contributed by atoms with Crippen LogP contribution in [0, 0.1) is 0 Å². The van der Waals surface area contributed by atoms with Crippen molar-refractivity contribution in [1.29, 1.82) is 0 Å². The van der Waals surface area contributed by atoms with Gasteiger partial charge in [-0.3, -0.25) is 0 Å². The average molecular weight is 204 g/mol. The van der Waals surface area contributed by atoms with Crippen LogP contribution in [0.25, 0.3) is 0 Å². The summed E-state index contributed by atoms with van der Waals surface area (Å²) < 4.78 is 4.80. The Bertz CT molecular complexity index is 223. The molecular formula is C7H12N2OS2. The fourth-order valence-electron chi connectivity index (χ4n) is 0.546. The molecule has 5 heteroatoms. The van der Waals surface area contributed by atoms with E-state index in [0.717, 1.165) is 10.8 Å². The Balaban J connectivity index is 2.36. The van der Waals surface area contributed by atoms with E-state index in [4.69, 9.17) is 0 Å². The summed E-state index contributed by atoms with van der Waals surface area (Å²) in [7, 11) is 0. The minimum Gasteiger partial charge on any atom is -0.389 e. The minimum atomic E-state index is -0.587. The minimum absolute atomic E-state index is 0.587. The van der Waals surface area contributed by atoms with Gasteiger partial charge in [0.15, 0.2) is 4.34 Å². The number of rotatable bonds is 4. The van der Waals surface area contributed by atoms with Crippen molar-refractivity contribution in [3.63, 3.8) is 0 Å². The Hall–Kier alpha value is -0.130. The van der Waals surface area contributed by atoms with Crippen LogP contribution < -0.4 is 0 Å². The van der Waals surface area contributed by atoms with Crippen LogP contribution in [0.1, 0.15) is 20.3 Å². The first-order valence-electron chi connectivity index (χ1n) is 3.76. The van der Waals surface area contributed by atoms with Gasteiger partial charge in [0.2, 0.25) is 0 Å². The second-order valence-electron chi connectivity index (χ2n) is 2.85. The molecule has 0 aromatic carbocycles. The van der Waals surface area contributed by atoms with Crippen molar-refractivity contribution in [3.8, 4) is 0 Å². The highest BCUT2D eigenvalue weighted by Gasteiger charge is 2.18. The van der Waals surface area contributed by atoms with Gasteiger partial charge in [-0.1, -0.05) is 18.7 Å². The molecule has 0 aliphatic heterocycles.